The molecule has 1 unspecified atom stereocenters. The lowest BCUT2D eigenvalue weighted by Gasteiger charge is -2.38. The first-order valence-electron chi connectivity index (χ1n) is 10.9. The van der Waals surface area contributed by atoms with Crippen LogP contribution in [-0.2, 0) is 22.7 Å². The van der Waals surface area contributed by atoms with Gasteiger partial charge in [-0.15, -0.1) is 11.3 Å². The van der Waals surface area contributed by atoms with E-state index in [0.717, 1.165) is 51.9 Å². The number of thiazole rings is 1. The zero-order valence-corrected chi connectivity index (χ0v) is 19.3. The van der Waals surface area contributed by atoms with Gasteiger partial charge in [0.05, 0.1) is 6.54 Å². The molecule has 0 bridgehead atoms. The number of halogens is 3. The van der Waals surface area contributed by atoms with E-state index in [2.05, 4.69) is 46.0 Å². The molecule has 1 spiro atoms. The van der Waals surface area contributed by atoms with Crippen LogP contribution < -0.4 is 0 Å². The highest BCUT2D eigenvalue weighted by Crippen LogP contribution is 2.40. The Kier molecular flexibility index (Phi) is 8.12. The summed E-state index contributed by atoms with van der Waals surface area (Å²) in [4.78, 5) is 30.7. The molecule has 0 radical (unpaired) electrons. The average Bonchev–Trinajstić information content (AvgIpc) is 3.31. The molecule has 6 nitrogen and oxygen atoms in total. The van der Waals surface area contributed by atoms with Crippen molar-refractivity contribution in [1.29, 1.82) is 0 Å². The Balaban J connectivity index is 0.000000383. The molecule has 4 rings (SSSR count). The number of carbonyl (C=O) groups excluding carboxylic acids is 1. The molecule has 2 saturated heterocycles. The molecule has 1 aromatic heterocycles. The lowest BCUT2D eigenvalue weighted by molar-refractivity contribution is -0.192. The van der Waals surface area contributed by atoms with Crippen molar-refractivity contribution in [1.82, 2.24) is 14.8 Å². The van der Waals surface area contributed by atoms with Crippen LogP contribution in [0.2, 0.25) is 0 Å². The summed E-state index contributed by atoms with van der Waals surface area (Å²) in [7, 11) is 0. The van der Waals surface area contributed by atoms with Gasteiger partial charge < -0.3 is 10.0 Å². The van der Waals surface area contributed by atoms with E-state index < -0.39 is 12.1 Å². The van der Waals surface area contributed by atoms with Crippen LogP contribution in [-0.4, -0.2) is 56.6 Å². The molecule has 2 aliphatic heterocycles. The maximum absolute atomic E-state index is 12.7. The first kappa shape index (κ1) is 25.2. The van der Waals surface area contributed by atoms with Gasteiger partial charge in [0.2, 0.25) is 5.91 Å². The lowest BCUT2D eigenvalue weighted by Crippen LogP contribution is -2.45. The molecule has 1 aromatic carbocycles. The number of carboxylic acids is 1. The molecule has 180 valence electrons. The van der Waals surface area contributed by atoms with E-state index in [1.54, 1.807) is 11.3 Å². The molecule has 1 N–H and O–H groups in total. The molecule has 0 aliphatic carbocycles. The van der Waals surface area contributed by atoms with Crippen LogP contribution in [0.3, 0.4) is 0 Å². The topological polar surface area (TPSA) is 73.7 Å². The second-order valence-corrected chi connectivity index (χ2v) is 9.53. The number of carboxylic acid groups (broad SMARTS) is 1. The second-order valence-electron chi connectivity index (χ2n) is 8.55. The van der Waals surface area contributed by atoms with Gasteiger partial charge in [0.25, 0.3) is 0 Å². The number of hydrogen-bond acceptors (Lipinski definition) is 5. The van der Waals surface area contributed by atoms with Gasteiger partial charge in [-0.25, -0.2) is 9.78 Å². The fraction of sp³-hybridized carbons (Fsp3) is 0.522. The smallest absolute Gasteiger partial charge is 0.475 e. The van der Waals surface area contributed by atoms with Crippen LogP contribution in [0, 0.1) is 6.92 Å². The van der Waals surface area contributed by atoms with Gasteiger partial charge in [-0.2, -0.15) is 13.2 Å². The third-order valence-electron chi connectivity index (χ3n) is 6.23. The van der Waals surface area contributed by atoms with Gasteiger partial charge in [0.15, 0.2) is 0 Å². The fourth-order valence-corrected chi connectivity index (χ4v) is 5.10. The molecule has 2 aromatic rings. The summed E-state index contributed by atoms with van der Waals surface area (Å²) in [6, 6.07) is 8.62. The number of nitrogens with zero attached hydrogens (tertiary/aromatic N) is 3. The lowest BCUT2D eigenvalue weighted by atomic mass is 9.87. The van der Waals surface area contributed by atoms with Crippen molar-refractivity contribution in [2.45, 2.75) is 63.8 Å². The quantitative estimate of drug-likeness (QED) is 0.686. The first-order valence-corrected chi connectivity index (χ1v) is 11.7. The van der Waals surface area contributed by atoms with Crippen molar-refractivity contribution in [3.05, 3.63) is 52.0 Å². The van der Waals surface area contributed by atoms with Crippen LogP contribution in [0.25, 0.3) is 0 Å². The highest BCUT2D eigenvalue weighted by molar-refractivity contribution is 7.09. The maximum atomic E-state index is 12.7. The number of hydrogen-bond donors (Lipinski definition) is 1. The summed E-state index contributed by atoms with van der Waals surface area (Å²) >= 11 is 1.73. The van der Waals surface area contributed by atoms with E-state index in [9.17, 15) is 18.0 Å². The van der Waals surface area contributed by atoms with Gasteiger partial charge in [-0.05, 0) is 44.7 Å². The maximum Gasteiger partial charge on any atom is 0.490 e. The number of amides is 1. The van der Waals surface area contributed by atoms with Gasteiger partial charge in [-0.1, -0.05) is 29.8 Å². The normalized spacial score (nSPS) is 21.6. The number of aliphatic carboxylic acids is 1. The molecule has 1 amide bonds. The van der Waals surface area contributed by atoms with Crippen molar-refractivity contribution in [3.8, 4) is 0 Å². The van der Waals surface area contributed by atoms with E-state index in [4.69, 9.17) is 9.90 Å². The van der Waals surface area contributed by atoms with Gasteiger partial charge in [0, 0.05) is 36.6 Å². The zero-order chi connectivity index (χ0) is 24.1. The van der Waals surface area contributed by atoms with Crippen LogP contribution in [0.4, 0.5) is 13.2 Å². The minimum atomic E-state index is -5.08. The van der Waals surface area contributed by atoms with Gasteiger partial charge in [0.1, 0.15) is 5.01 Å². The summed E-state index contributed by atoms with van der Waals surface area (Å²) in [6.07, 6.45) is 1.89. The standard InChI is InChI=1S/C21H27N3OS.C2HF3O2/c1-17-3-5-18(6-4-17)15-24-20(25)7-9-21(24)8-2-12-23(13-10-21)16-19-22-11-14-26-19;3-2(4,5)1(6)7/h3-6,11,14H,2,7-10,12-13,15-16H2,1H3;(H,6,7). The number of benzene rings is 1. The van der Waals surface area contributed by atoms with Crippen LogP contribution in [0.15, 0.2) is 35.8 Å². The summed E-state index contributed by atoms with van der Waals surface area (Å²) in [5, 5.41) is 10.4. The number of aromatic nitrogens is 1. The van der Waals surface area contributed by atoms with E-state index in [1.165, 1.54) is 16.1 Å². The molecule has 10 heteroatoms. The fourth-order valence-electron chi connectivity index (χ4n) is 4.44. The molecule has 0 saturated carbocycles. The Morgan fingerprint density at radius 1 is 1.15 bits per heavy atom. The van der Waals surface area contributed by atoms with E-state index >= 15 is 0 Å². The van der Waals surface area contributed by atoms with Crippen molar-refractivity contribution in [2.75, 3.05) is 13.1 Å². The van der Waals surface area contributed by atoms with Crippen molar-refractivity contribution >= 4 is 23.2 Å². The molecular weight excluding hydrogens is 455 g/mol. The summed E-state index contributed by atoms with van der Waals surface area (Å²) in [5.74, 6) is -2.42. The molecule has 3 heterocycles. The van der Waals surface area contributed by atoms with E-state index in [0.29, 0.717) is 12.3 Å². The summed E-state index contributed by atoms with van der Waals surface area (Å²) in [5.41, 5.74) is 2.57. The Morgan fingerprint density at radius 3 is 2.45 bits per heavy atom. The SMILES string of the molecule is Cc1ccc(CN2C(=O)CCC23CCCN(Cc2nccs2)CC3)cc1.O=C(O)C(F)(F)F. The first-order chi connectivity index (χ1) is 15.6. The van der Waals surface area contributed by atoms with Crippen LogP contribution in [0.1, 0.15) is 48.2 Å². The Labute approximate surface area is 195 Å². The highest BCUT2D eigenvalue weighted by Gasteiger charge is 2.45. The minimum absolute atomic E-state index is 0.0552. The van der Waals surface area contributed by atoms with Crippen molar-refractivity contribution in [3.63, 3.8) is 0 Å². The predicted octanol–water partition coefficient (Wildman–Crippen LogP) is 4.63. The van der Waals surface area contributed by atoms with Gasteiger partial charge in [-0.3, -0.25) is 9.69 Å². The third-order valence-corrected chi connectivity index (χ3v) is 7.00. The molecule has 2 fully saturated rings. The number of aryl methyl sites for hydroxylation is 1. The highest BCUT2D eigenvalue weighted by atomic mass is 32.1. The predicted molar refractivity (Wildman–Crippen MR) is 119 cm³/mol. The average molecular weight is 484 g/mol. The Hall–Kier alpha value is -2.46. The Bertz CT molecular complexity index is 935. The third kappa shape index (κ3) is 6.77. The largest absolute Gasteiger partial charge is 0.490 e. The van der Waals surface area contributed by atoms with Crippen molar-refractivity contribution in [2.24, 2.45) is 0 Å². The van der Waals surface area contributed by atoms with Gasteiger partial charge >= 0.3 is 12.1 Å². The molecule has 2 aliphatic rings. The summed E-state index contributed by atoms with van der Waals surface area (Å²) < 4.78 is 31.7. The van der Waals surface area contributed by atoms with Crippen molar-refractivity contribution < 1.29 is 27.9 Å². The molecule has 33 heavy (non-hydrogen) atoms. The number of carbonyl (C=O) groups is 2. The minimum Gasteiger partial charge on any atom is -0.475 e. The molecular formula is C23H28F3N3O3S. The number of likely N-dealkylation sites (tertiary alicyclic amines) is 2. The summed E-state index contributed by atoms with van der Waals surface area (Å²) in [6.45, 7) is 5.96. The van der Waals surface area contributed by atoms with E-state index in [1.807, 2.05) is 11.6 Å². The van der Waals surface area contributed by atoms with Crippen LogP contribution >= 0.6 is 11.3 Å². The second kappa shape index (κ2) is 10.6. The van der Waals surface area contributed by atoms with E-state index in [-0.39, 0.29) is 5.54 Å². The van der Waals surface area contributed by atoms with Crippen LogP contribution in [0.5, 0.6) is 0 Å². The monoisotopic (exact) mass is 483 g/mol. The molecule has 1 atom stereocenters. The Morgan fingerprint density at radius 2 is 1.85 bits per heavy atom. The number of alkyl halides is 3. The zero-order valence-electron chi connectivity index (χ0n) is 18.5. The number of rotatable bonds is 4.